The first-order valence-corrected chi connectivity index (χ1v) is 9.50. The second-order valence-corrected chi connectivity index (χ2v) is 6.76. The molecule has 0 saturated carbocycles. The van der Waals surface area contributed by atoms with E-state index >= 15 is 0 Å². The standard InChI is InChI=1S/C24H20N4O2/c29-23(19-8-2-1-3-9-19)27-22-12-5-4-11-21(22)24(30)26-20-10-6-7-18(15-20)16-28-14-13-25-17-28/h1-15,17H,16H2,(H,26,30)(H,27,29). The molecular formula is C24H20N4O2. The Bertz CT molecular complexity index is 1150. The van der Waals surface area contributed by atoms with Crippen LogP contribution in [0.15, 0.2) is 97.6 Å². The van der Waals surface area contributed by atoms with Crippen molar-refractivity contribution in [1.29, 1.82) is 0 Å². The first-order valence-electron chi connectivity index (χ1n) is 9.50. The minimum absolute atomic E-state index is 0.266. The van der Waals surface area contributed by atoms with Gasteiger partial charge in [-0.3, -0.25) is 9.59 Å². The van der Waals surface area contributed by atoms with E-state index in [0.717, 1.165) is 5.56 Å². The first kappa shape index (κ1) is 19.1. The van der Waals surface area contributed by atoms with E-state index in [2.05, 4.69) is 15.6 Å². The van der Waals surface area contributed by atoms with Gasteiger partial charge in [-0.25, -0.2) is 4.98 Å². The normalized spacial score (nSPS) is 10.4. The van der Waals surface area contributed by atoms with Crippen molar-refractivity contribution in [2.24, 2.45) is 0 Å². The van der Waals surface area contributed by atoms with Crippen molar-refractivity contribution >= 4 is 23.2 Å². The fourth-order valence-corrected chi connectivity index (χ4v) is 3.11. The van der Waals surface area contributed by atoms with Gasteiger partial charge in [-0.15, -0.1) is 0 Å². The lowest BCUT2D eigenvalue weighted by Gasteiger charge is -2.12. The van der Waals surface area contributed by atoms with E-state index in [1.54, 1.807) is 61.1 Å². The predicted molar refractivity (Wildman–Crippen MR) is 117 cm³/mol. The molecule has 0 aliphatic carbocycles. The topological polar surface area (TPSA) is 76.0 Å². The summed E-state index contributed by atoms with van der Waals surface area (Å²) in [6.45, 7) is 0.660. The van der Waals surface area contributed by atoms with Gasteiger partial charge in [0.2, 0.25) is 0 Å². The Morgan fingerprint density at radius 1 is 0.833 bits per heavy atom. The summed E-state index contributed by atoms with van der Waals surface area (Å²) in [5, 5.41) is 5.74. The van der Waals surface area contributed by atoms with Crippen LogP contribution >= 0.6 is 0 Å². The highest BCUT2D eigenvalue weighted by atomic mass is 16.2. The summed E-state index contributed by atoms with van der Waals surface area (Å²) in [5.74, 6) is -0.558. The third-order valence-corrected chi connectivity index (χ3v) is 4.57. The Morgan fingerprint density at radius 3 is 2.43 bits per heavy atom. The molecule has 30 heavy (non-hydrogen) atoms. The average Bonchev–Trinajstić information content (AvgIpc) is 3.28. The number of aromatic nitrogens is 2. The third kappa shape index (κ3) is 4.62. The molecule has 0 spiro atoms. The first-order chi connectivity index (χ1) is 14.7. The molecule has 0 unspecified atom stereocenters. The molecule has 0 fully saturated rings. The van der Waals surface area contributed by atoms with E-state index in [1.807, 2.05) is 41.1 Å². The molecule has 0 bridgehead atoms. The molecule has 1 aromatic heterocycles. The highest BCUT2D eigenvalue weighted by Gasteiger charge is 2.14. The molecule has 148 valence electrons. The van der Waals surface area contributed by atoms with E-state index in [1.165, 1.54) is 0 Å². The van der Waals surface area contributed by atoms with Gasteiger partial charge in [0, 0.05) is 30.2 Å². The minimum atomic E-state index is -0.293. The third-order valence-electron chi connectivity index (χ3n) is 4.57. The van der Waals surface area contributed by atoms with Crippen molar-refractivity contribution < 1.29 is 9.59 Å². The minimum Gasteiger partial charge on any atom is -0.333 e. The fourth-order valence-electron chi connectivity index (χ4n) is 3.11. The van der Waals surface area contributed by atoms with Gasteiger partial charge >= 0.3 is 0 Å². The van der Waals surface area contributed by atoms with E-state index in [-0.39, 0.29) is 11.8 Å². The summed E-state index contributed by atoms with van der Waals surface area (Å²) < 4.78 is 1.95. The molecule has 0 aliphatic heterocycles. The van der Waals surface area contributed by atoms with Gasteiger partial charge in [0.1, 0.15) is 0 Å². The van der Waals surface area contributed by atoms with Gasteiger partial charge in [-0.2, -0.15) is 0 Å². The molecular weight excluding hydrogens is 376 g/mol. The number of amides is 2. The van der Waals surface area contributed by atoms with Gasteiger partial charge in [0.05, 0.1) is 17.6 Å². The smallest absolute Gasteiger partial charge is 0.257 e. The fraction of sp³-hybridized carbons (Fsp3) is 0.0417. The summed E-state index contributed by atoms with van der Waals surface area (Å²) in [7, 11) is 0. The maximum atomic E-state index is 12.9. The SMILES string of the molecule is O=C(Nc1ccccc1C(=O)Nc1cccc(Cn2ccnc2)c1)c1ccccc1. The molecule has 0 aliphatic rings. The van der Waals surface area contributed by atoms with E-state index in [0.29, 0.717) is 29.0 Å². The Labute approximate surface area is 174 Å². The van der Waals surface area contributed by atoms with Crippen molar-refractivity contribution in [3.63, 3.8) is 0 Å². The second kappa shape index (κ2) is 8.87. The van der Waals surface area contributed by atoms with Crippen molar-refractivity contribution in [1.82, 2.24) is 9.55 Å². The Balaban J connectivity index is 1.50. The number of hydrogen-bond acceptors (Lipinski definition) is 3. The number of benzene rings is 3. The maximum Gasteiger partial charge on any atom is 0.257 e. The van der Waals surface area contributed by atoms with Gasteiger partial charge in [-0.05, 0) is 42.0 Å². The lowest BCUT2D eigenvalue weighted by molar-refractivity contribution is 0.102. The molecule has 3 aromatic carbocycles. The Kier molecular flexibility index (Phi) is 5.66. The lowest BCUT2D eigenvalue weighted by atomic mass is 10.1. The van der Waals surface area contributed by atoms with E-state index < -0.39 is 0 Å². The van der Waals surface area contributed by atoms with Crippen LogP contribution in [0.2, 0.25) is 0 Å². The van der Waals surface area contributed by atoms with Gasteiger partial charge < -0.3 is 15.2 Å². The monoisotopic (exact) mass is 396 g/mol. The molecule has 6 nitrogen and oxygen atoms in total. The van der Waals surface area contributed by atoms with Crippen LogP contribution in [0.4, 0.5) is 11.4 Å². The Morgan fingerprint density at radius 2 is 1.63 bits per heavy atom. The quantitative estimate of drug-likeness (QED) is 0.506. The number of carbonyl (C=O) groups excluding carboxylic acids is 2. The molecule has 1 heterocycles. The van der Waals surface area contributed by atoms with Crippen LogP contribution in [0.25, 0.3) is 0 Å². The summed E-state index contributed by atoms with van der Waals surface area (Å²) in [6.07, 6.45) is 5.36. The van der Waals surface area contributed by atoms with Crippen LogP contribution < -0.4 is 10.6 Å². The number of nitrogens with zero attached hydrogens (tertiary/aromatic N) is 2. The molecule has 4 rings (SSSR count). The number of nitrogens with one attached hydrogen (secondary N) is 2. The van der Waals surface area contributed by atoms with Gasteiger partial charge in [0.25, 0.3) is 11.8 Å². The molecule has 0 atom stereocenters. The van der Waals surface area contributed by atoms with Crippen LogP contribution in [-0.2, 0) is 6.54 Å². The highest BCUT2D eigenvalue weighted by molar-refractivity contribution is 6.12. The van der Waals surface area contributed by atoms with Crippen LogP contribution in [0, 0.1) is 0 Å². The molecule has 2 amide bonds. The summed E-state index contributed by atoms with van der Waals surface area (Å²) in [4.78, 5) is 29.4. The summed E-state index contributed by atoms with van der Waals surface area (Å²) in [5.41, 5.74) is 3.10. The van der Waals surface area contributed by atoms with Crippen molar-refractivity contribution in [3.8, 4) is 0 Å². The number of rotatable bonds is 6. The van der Waals surface area contributed by atoms with Crippen molar-refractivity contribution in [2.45, 2.75) is 6.54 Å². The lowest BCUT2D eigenvalue weighted by Crippen LogP contribution is -2.18. The molecule has 6 heteroatoms. The van der Waals surface area contributed by atoms with Crippen LogP contribution in [-0.4, -0.2) is 21.4 Å². The van der Waals surface area contributed by atoms with Gasteiger partial charge in [0.15, 0.2) is 0 Å². The van der Waals surface area contributed by atoms with E-state index in [4.69, 9.17) is 0 Å². The number of anilines is 2. The van der Waals surface area contributed by atoms with Crippen LogP contribution in [0.3, 0.4) is 0 Å². The van der Waals surface area contributed by atoms with E-state index in [9.17, 15) is 9.59 Å². The maximum absolute atomic E-state index is 12.9. The Hall–Kier alpha value is -4.19. The zero-order valence-electron chi connectivity index (χ0n) is 16.2. The largest absolute Gasteiger partial charge is 0.333 e. The van der Waals surface area contributed by atoms with Crippen molar-refractivity contribution in [2.75, 3.05) is 10.6 Å². The number of para-hydroxylation sites is 1. The second-order valence-electron chi connectivity index (χ2n) is 6.76. The number of imidazole rings is 1. The van der Waals surface area contributed by atoms with Crippen LogP contribution in [0.1, 0.15) is 26.3 Å². The summed E-state index contributed by atoms with van der Waals surface area (Å²) >= 11 is 0. The number of hydrogen-bond donors (Lipinski definition) is 2. The molecule has 4 aromatic rings. The zero-order valence-corrected chi connectivity index (χ0v) is 16.2. The number of carbonyl (C=O) groups is 2. The molecule has 0 saturated heterocycles. The summed E-state index contributed by atoms with van der Waals surface area (Å²) in [6, 6.07) is 23.5. The molecule has 2 N–H and O–H groups in total. The predicted octanol–water partition coefficient (Wildman–Crippen LogP) is 4.44. The molecule has 0 radical (unpaired) electrons. The van der Waals surface area contributed by atoms with Crippen molar-refractivity contribution in [3.05, 3.63) is 114 Å². The highest BCUT2D eigenvalue weighted by Crippen LogP contribution is 2.19. The zero-order chi connectivity index (χ0) is 20.8. The van der Waals surface area contributed by atoms with Crippen LogP contribution in [0.5, 0.6) is 0 Å². The van der Waals surface area contributed by atoms with Gasteiger partial charge in [-0.1, -0.05) is 42.5 Å². The average molecular weight is 396 g/mol.